The van der Waals surface area contributed by atoms with Crippen LogP contribution in [0.25, 0.3) is 0 Å². The number of likely N-dealkylation sites (N-methyl/N-ethyl adjacent to an activating group) is 1. The van der Waals surface area contributed by atoms with Crippen molar-refractivity contribution in [2.45, 2.75) is 19.4 Å². The lowest BCUT2D eigenvalue weighted by molar-refractivity contribution is -0.137. The van der Waals surface area contributed by atoms with E-state index in [2.05, 4.69) is 16.3 Å². The first-order valence-corrected chi connectivity index (χ1v) is 8.90. The maximum absolute atomic E-state index is 12.9. The van der Waals surface area contributed by atoms with Crippen molar-refractivity contribution in [1.29, 1.82) is 0 Å². The second kappa shape index (κ2) is 8.31. The van der Waals surface area contributed by atoms with Crippen molar-refractivity contribution < 1.29 is 9.59 Å². The Bertz CT molecular complexity index is 518. The average Bonchev–Trinajstić information content (AvgIpc) is 3.03. The Hall–Kier alpha value is -1.60. The number of amides is 3. The fraction of sp³-hybridized carbons (Fsp3) is 0.625. The maximum atomic E-state index is 12.9. The maximum Gasteiger partial charge on any atom is 0.314 e. The molecule has 0 radical (unpaired) electrons. The summed E-state index contributed by atoms with van der Waals surface area (Å²) in [6.07, 6.45) is 1.66. The Kier molecular flexibility index (Phi) is 6.41. The number of hydrogen-bond acceptors (Lipinski definition) is 4. The van der Waals surface area contributed by atoms with Gasteiger partial charge in [0, 0.05) is 32.7 Å². The molecule has 0 saturated carbocycles. The number of rotatable bonds is 6. The molecule has 1 fully saturated rings. The third-order valence-electron chi connectivity index (χ3n) is 4.16. The van der Waals surface area contributed by atoms with Gasteiger partial charge in [-0.1, -0.05) is 0 Å². The van der Waals surface area contributed by atoms with E-state index in [1.54, 1.807) is 16.2 Å². The van der Waals surface area contributed by atoms with Crippen LogP contribution in [-0.2, 0) is 11.3 Å². The van der Waals surface area contributed by atoms with Crippen molar-refractivity contribution in [3.8, 4) is 0 Å². The van der Waals surface area contributed by atoms with Gasteiger partial charge in [0.15, 0.2) is 0 Å². The summed E-state index contributed by atoms with van der Waals surface area (Å²) in [5.74, 6) is -0.0129. The van der Waals surface area contributed by atoms with E-state index in [0.29, 0.717) is 26.2 Å². The molecule has 2 heterocycles. The predicted octanol–water partition coefficient (Wildman–Crippen LogP) is 1.43. The molecule has 1 aromatic rings. The van der Waals surface area contributed by atoms with Gasteiger partial charge in [-0.05, 0) is 49.3 Å². The number of carbonyl (C=O) groups is 2. The van der Waals surface area contributed by atoms with Gasteiger partial charge in [0.2, 0.25) is 5.91 Å². The molecule has 2 rings (SSSR count). The molecule has 0 aromatic carbocycles. The lowest BCUT2D eigenvalue weighted by Gasteiger charge is -2.34. The minimum absolute atomic E-state index is 0.129. The summed E-state index contributed by atoms with van der Waals surface area (Å²) in [5, 5.41) is 4.10. The number of nitrogens with zero attached hydrogens (tertiary/aromatic N) is 3. The number of primary amides is 1. The Morgan fingerprint density at radius 1 is 1.39 bits per heavy atom. The molecular weight excluding hydrogens is 312 g/mol. The number of piperidine rings is 1. The van der Waals surface area contributed by atoms with Crippen LogP contribution in [0.15, 0.2) is 16.8 Å². The standard InChI is InChI=1S/C16H26N4O2S/c1-18(2)7-8-19(10-13-5-9-23-12-13)15(21)14-4-3-6-20(11-14)16(17)22/h5,9,12,14H,3-4,6-8,10-11H2,1-2H3,(H2,17,22)/t14-/m0/s1. The molecule has 0 unspecified atom stereocenters. The zero-order valence-corrected chi connectivity index (χ0v) is 14.7. The molecule has 7 heteroatoms. The monoisotopic (exact) mass is 338 g/mol. The minimum Gasteiger partial charge on any atom is -0.351 e. The van der Waals surface area contributed by atoms with Gasteiger partial charge in [-0.15, -0.1) is 0 Å². The van der Waals surface area contributed by atoms with Crippen molar-refractivity contribution >= 4 is 23.3 Å². The van der Waals surface area contributed by atoms with Crippen molar-refractivity contribution in [1.82, 2.24) is 14.7 Å². The van der Waals surface area contributed by atoms with Gasteiger partial charge in [-0.3, -0.25) is 4.79 Å². The van der Waals surface area contributed by atoms with Crippen molar-refractivity contribution in [2.75, 3.05) is 40.3 Å². The quantitative estimate of drug-likeness (QED) is 0.853. The molecule has 3 amide bonds. The SMILES string of the molecule is CN(C)CCN(Cc1ccsc1)C(=O)[C@H]1CCCN(C(N)=O)C1. The number of hydrogen-bond donors (Lipinski definition) is 1. The summed E-state index contributed by atoms with van der Waals surface area (Å²) in [7, 11) is 4.01. The zero-order chi connectivity index (χ0) is 16.8. The van der Waals surface area contributed by atoms with E-state index in [1.165, 1.54) is 0 Å². The molecule has 1 aliphatic rings. The molecule has 1 saturated heterocycles. The van der Waals surface area contributed by atoms with Gasteiger partial charge in [-0.2, -0.15) is 11.3 Å². The van der Waals surface area contributed by atoms with Gasteiger partial charge in [0.05, 0.1) is 5.92 Å². The van der Waals surface area contributed by atoms with Gasteiger partial charge in [0.25, 0.3) is 0 Å². The van der Waals surface area contributed by atoms with Crippen LogP contribution in [-0.4, -0.2) is 66.9 Å². The van der Waals surface area contributed by atoms with E-state index in [0.717, 1.165) is 24.9 Å². The van der Waals surface area contributed by atoms with Crippen molar-refractivity contribution in [3.63, 3.8) is 0 Å². The lowest BCUT2D eigenvalue weighted by Crippen LogP contribution is -2.49. The average molecular weight is 338 g/mol. The Morgan fingerprint density at radius 3 is 2.78 bits per heavy atom. The van der Waals surface area contributed by atoms with Crippen LogP contribution in [0.4, 0.5) is 4.79 Å². The first-order valence-electron chi connectivity index (χ1n) is 7.96. The van der Waals surface area contributed by atoms with E-state index < -0.39 is 6.03 Å². The summed E-state index contributed by atoms with van der Waals surface area (Å²) in [6, 6.07) is 1.62. The smallest absolute Gasteiger partial charge is 0.314 e. The topological polar surface area (TPSA) is 69.9 Å². The van der Waals surface area contributed by atoms with Crippen LogP contribution in [0.5, 0.6) is 0 Å². The highest BCUT2D eigenvalue weighted by Gasteiger charge is 2.30. The number of carbonyl (C=O) groups excluding carboxylic acids is 2. The van der Waals surface area contributed by atoms with E-state index >= 15 is 0 Å². The minimum atomic E-state index is -0.430. The lowest BCUT2D eigenvalue weighted by atomic mass is 9.96. The normalized spacial score (nSPS) is 18.2. The second-order valence-corrected chi connectivity index (χ2v) is 7.10. The van der Waals surface area contributed by atoms with Crippen molar-refractivity contribution in [2.24, 2.45) is 11.7 Å². The largest absolute Gasteiger partial charge is 0.351 e. The molecule has 1 atom stereocenters. The Balaban J connectivity index is 2.03. The molecule has 128 valence electrons. The summed E-state index contributed by atoms with van der Waals surface area (Å²) < 4.78 is 0. The highest BCUT2D eigenvalue weighted by Crippen LogP contribution is 2.20. The molecule has 1 aliphatic heterocycles. The first kappa shape index (κ1) is 17.7. The number of thiophene rings is 1. The second-order valence-electron chi connectivity index (χ2n) is 6.32. The van der Waals surface area contributed by atoms with E-state index in [9.17, 15) is 9.59 Å². The van der Waals surface area contributed by atoms with E-state index in [4.69, 9.17) is 5.73 Å². The van der Waals surface area contributed by atoms with Gasteiger partial charge in [0.1, 0.15) is 0 Å². The number of nitrogens with two attached hydrogens (primary N) is 1. The van der Waals surface area contributed by atoms with Crippen LogP contribution in [0.1, 0.15) is 18.4 Å². The number of likely N-dealkylation sites (tertiary alicyclic amines) is 1. The number of urea groups is 1. The van der Waals surface area contributed by atoms with E-state index in [1.807, 2.05) is 24.4 Å². The van der Waals surface area contributed by atoms with Crippen LogP contribution in [0.3, 0.4) is 0 Å². The predicted molar refractivity (Wildman–Crippen MR) is 92.2 cm³/mol. The summed E-state index contributed by atoms with van der Waals surface area (Å²) in [5.41, 5.74) is 6.53. The van der Waals surface area contributed by atoms with Crippen LogP contribution >= 0.6 is 11.3 Å². The molecular formula is C16H26N4O2S. The molecule has 0 spiro atoms. The molecule has 6 nitrogen and oxygen atoms in total. The fourth-order valence-corrected chi connectivity index (χ4v) is 3.49. The zero-order valence-electron chi connectivity index (χ0n) is 13.9. The van der Waals surface area contributed by atoms with Gasteiger partial charge < -0.3 is 20.4 Å². The molecule has 2 N–H and O–H groups in total. The van der Waals surface area contributed by atoms with E-state index in [-0.39, 0.29) is 11.8 Å². The van der Waals surface area contributed by atoms with Gasteiger partial charge >= 0.3 is 6.03 Å². The molecule has 23 heavy (non-hydrogen) atoms. The summed E-state index contributed by atoms with van der Waals surface area (Å²) in [4.78, 5) is 29.9. The molecule has 0 aliphatic carbocycles. The van der Waals surface area contributed by atoms with Crippen LogP contribution in [0.2, 0.25) is 0 Å². The molecule has 0 bridgehead atoms. The molecule has 1 aromatic heterocycles. The Morgan fingerprint density at radius 2 is 2.17 bits per heavy atom. The highest BCUT2D eigenvalue weighted by molar-refractivity contribution is 7.07. The van der Waals surface area contributed by atoms with Gasteiger partial charge in [-0.25, -0.2) is 4.79 Å². The van der Waals surface area contributed by atoms with Crippen LogP contribution < -0.4 is 5.73 Å². The first-order chi connectivity index (χ1) is 11.0. The van der Waals surface area contributed by atoms with Crippen LogP contribution in [0, 0.1) is 5.92 Å². The highest BCUT2D eigenvalue weighted by atomic mass is 32.1. The third-order valence-corrected chi connectivity index (χ3v) is 4.90. The third kappa shape index (κ3) is 5.21. The summed E-state index contributed by atoms with van der Waals surface area (Å²) >= 11 is 1.64. The van der Waals surface area contributed by atoms with Crippen molar-refractivity contribution in [3.05, 3.63) is 22.4 Å². The Labute approximate surface area is 141 Å². The fourth-order valence-electron chi connectivity index (χ4n) is 2.83. The summed E-state index contributed by atoms with van der Waals surface area (Å²) in [6.45, 7) is 3.23.